The highest BCUT2D eigenvalue weighted by atomic mass is 79.9. The van der Waals surface area contributed by atoms with Crippen molar-refractivity contribution >= 4 is 38.6 Å². The van der Waals surface area contributed by atoms with Crippen LogP contribution in [0.3, 0.4) is 0 Å². The first-order valence-electron chi connectivity index (χ1n) is 6.92. The Labute approximate surface area is 131 Å². The quantitative estimate of drug-likeness (QED) is 0.917. The molecule has 0 saturated carbocycles. The molecule has 0 radical (unpaired) electrons. The topological polar surface area (TPSA) is 54.3 Å². The third-order valence-corrected chi connectivity index (χ3v) is 4.19. The van der Waals surface area contributed by atoms with Crippen LogP contribution < -0.4 is 5.32 Å². The minimum atomic E-state index is -0.0788. The van der Waals surface area contributed by atoms with Gasteiger partial charge in [0.05, 0.1) is 6.54 Å². The number of piperazine rings is 1. The zero-order valence-corrected chi connectivity index (χ0v) is 13.1. The summed E-state index contributed by atoms with van der Waals surface area (Å²) >= 11 is 3.47. The van der Waals surface area contributed by atoms with Crippen LogP contribution in [-0.2, 0) is 16.1 Å². The number of fused-ring (bicyclic) bond motifs is 1. The van der Waals surface area contributed by atoms with E-state index in [9.17, 15) is 9.59 Å². The van der Waals surface area contributed by atoms with E-state index in [0.717, 1.165) is 15.4 Å². The molecule has 0 atom stereocenters. The van der Waals surface area contributed by atoms with Gasteiger partial charge in [0.25, 0.3) is 0 Å². The third-order valence-electron chi connectivity index (χ3n) is 3.69. The zero-order valence-electron chi connectivity index (χ0n) is 11.5. The first-order chi connectivity index (χ1) is 10.1. The Hall–Kier alpha value is -1.82. The van der Waals surface area contributed by atoms with Gasteiger partial charge in [0.15, 0.2) is 0 Å². The van der Waals surface area contributed by atoms with Crippen LogP contribution in [0, 0.1) is 0 Å². The largest absolute Gasteiger partial charge is 0.353 e. The second-order valence-corrected chi connectivity index (χ2v) is 6.04. The highest BCUT2D eigenvalue weighted by Crippen LogP contribution is 2.21. The van der Waals surface area contributed by atoms with E-state index in [2.05, 4.69) is 25.8 Å². The van der Waals surface area contributed by atoms with Crippen LogP contribution in [0.25, 0.3) is 10.9 Å². The molecular weight excluding hydrogens is 334 g/mol. The molecule has 1 fully saturated rings. The lowest BCUT2D eigenvalue weighted by Gasteiger charge is -2.26. The van der Waals surface area contributed by atoms with E-state index >= 15 is 0 Å². The summed E-state index contributed by atoms with van der Waals surface area (Å²) in [4.78, 5) is 25.1. The van der Waals surface area contributed by atoms with Gasteiger partial charge in [-0.1, -0.05) is 22.0 Å². The van der Waals surface area contributed by atoms with Crippen molar-refractivity contribution in [1.82, 2.24) is 14.8 Å². The van der Waals surface area contributed by atoms with Crippen LogP contribution in [0.5, 0.6) is 0 Å². The molecule has 2 amide bonds. The first-order valence-corrected chi connectivity index (χ1v) is 7.72. The number of benzene rings is 1. The average molecular weight is 350 g/mol. The molecule has 21 heavy (non-hydrogen) atoms. The minimum absolute atomic E-state index is 0.0293. The van der Waals surface area contributed by atoms with Crippen LogP contribution >= 0.6 is 15.9 Å². The maximum Gasteiger partial charge on any atom is 0.239 e. The lowest BCUT2D eigenvalue weighted by molar-refractivity contribution is -0.138. The third kappa shape index (κ3) is 3.10. The standard InChI is InChI=1S/C15H16BrN3O2/c16-12-2-1-11-3-6-18(13(11)9-12)7-4-15(21)19-8-5-17-14(20)10-19/h1-3,6,9H,4-5,7-8,10H2,(H,17,20). The first kappa shape index (κ1) is 14.1. The predicted molar refractivity (Wildman–Crippen MR) is 83.8 cm³/mol. The van der Waals surface area contributed by atoms with Crippen molar-refractivity contribution in [3.8, 4) is 0 Å². The molecule has 3 rings (SSSR count). The molecule has 0 aliphatic carbocycles. The summed E-state index contributed by atoms with van der Waals surface area (Å²) in [6, 6.07) is 8.14. The van der Waals surface area contributed by atoms with Crippen molar-refractivity contribution in [2.45, 2.75) is 13.0 Å². The van der Waals surface area contributed by atoms with Gasteiger partial charge in [0.1, 0.15) is 0 Å². The van der Waals surface area contributed by atoms with E-state index in [-0.39, 0.29) is 18.4 Å². The highest BCUT2D eigenvalue weighted by Gasteiger charge is 2.20. The van der Waals surface area contributed by atoms with E-state index in [4.69, 9.17) is 0 Å². The number of nitrogens with one attached hydrogen (secondary N) is 1. The number of hydrogen-bond donors (Lipinski definition) is 1. The fourth-order valence-electron chi connectivity index (χ4n) is 2.58. The van der Waals surface area contributed by atoms with Crippen LogP contribution in [0.2, 0.25) is 0 Å². The molecule has 2 heterocycles. The fraction of sp³-hybridized carbons (Fsp3) is 0.333. The summed E-state index contributed by atoms with van der Waals surface area (Å²) in [5.41, 5.74) is 1.11. The van der Waals surface area contributed by atoms with E-state index < -0.39 is 0 Å². The van der Waals surface area contributed by atoms with Gasteiger partial charge in [-0.05, 0) is 23.6 Å². The van der Waals surface area contributed by atoms with Crippen LogP contribution in [0.1, 0.15) is 6.42 Å². The van der Waals surface area contributed by atoms with Gasteiger partial charge < -0.3 is 14.8 Å². The Balaban J connectivity index is 1.67. The molecule has 5 nitrogen and oxygen atoms in total. The molecule has 0 unspecified atom stereocenters. The van der Waals surface area contributed by atoms with Gasteiger partial charge >= 0.3 is 0 Å². The van der Waals surface area contributed by atoms with Crippen molar-refractivity contribution in [3.63, 3.8) is 0 Å². The van der Waals surface area contributed by atoms with Crippen molar-refractivity contribution < 1.29 is 9.59 Å². The molecule has 0 bridgehead atoms. The molecular formula is C15H16BrN3O2. The number of aryl methyl sites for hydroxylation is 1. The van der Waals surface area contributed by atoms with Gasteiger partial charge in [-0.25, -0.2) is 0 Å². The maximum atomic E-state index is 12.2. The molecule has 1 aromatic carbocycles. The molecule has 0 spiro atoms. The number of aromatic nitrogens is 1. The normalized spacial score (nSPS) is 15.3. The Morgan fingerprint density at radius 2 is 2.19 bits per heavy atom. The Morgan fingerprint density at radius 1 is 1.33 bits per heavy atom. The van der Waals surface area contributed by atoms with Crippen LogP contribution in [0.15, 0.2) is 34.9 Å². The summed E-state index contributed by atoms with van der Waals surface area (Å²) in [6.07, 6.45) is 2.40. The van der Waals surface area contributed by atoms with Gasteiger partial charge in [-0.3, -0.25) is 9.59 Å². The summed E-state index contributed by atoms with van der Waals surface area (Å²) < 4.78 is 3.09. The molecule has 2 aromatic rings. The minimum Gasteiger partial charge on any atom is -0.353 e. The lowest BCUT2D eigenvalue weighted by Crippen LogP contribution is -2.50. The van der Waals surface area contributed by atoms with Gasteiger partial charge in [0, 0.05) is 42.2 Å². The molecule has 6 heteroatoms. The monoisotopic (exact) mass is 349 g/mol. The van der Waals surface area contributed by atoms with Crippen molar-refractivity contribution in [2.24, 2.45) is 0 Å². The summed E-state index contributed by atoms with van der Waals surface area (Å²) in [5.74, 6) is -0.0494. The van der Waals surface area contributed by atoms with Crippen LogP contribution in [0.4, 0.5) is 0 Å². The van der Waals surface area contributed by atoms with E-state index in [1.807, 2.05) is 30.5 Å². The Morgan fingerprint density at radius 3 is 3.00 bits per heavy atom. The number of hydrogen-bond acceptors (Lipinski definition) is 2. The summed E-state index contributed by atoms with van der Waals surface area (Å²) in [7, 11) is 0. The van der Waals surface area contributed by atoms with Crippen molar-refractivity contribution in [3.05, 3.63) is 34.9 Å². The van der Waals surface area contributed by atoms with E-state index in [1.54, 1.807) is 4.90 Å². The molecule has 1 saturated heterocycles. The number of amides is 2. The average Bonchev–Trinajstić information content (AvgIpc) is 2.87. The lowest BCUT2D eigenvalue weighted by atomic mass is 10.2. The fourth-order valence-corrected chi connectivity index (χ4v) is 2.93. The smallest absolute Gasteiger partial charge is 0.239 e. The Bertz CT molecular complexity index is 695. The number of halogens is 1. The van der Waals surface area contributed by atoms with E-state index in [0.29, 0.717) is 26.1 Å². The number of nitrogens with zero attached hydrogens (tertiary/aromatic N) is 2. The van der Waals surface area contributed by atoms with Gasteiger partial charge in [0.2, 0.25) is 11.8 Å². The molecule has 1 N–H and O–H groups in total. The SMILES string of the molecule is O=C1CN(C(=O)CCn2ccc3ccc(Br)cc32)CCN1. The number of carbonyl (C=O) groups is 2. The van der Waals surface area contributed by atoms with Gasteiger partial charge in [-0.2, -0.15) is 0 Å². The zero-order chi connectivity index (χ0) is 14.8. The molecule has 110 valence electrons. The summed E-state index contributed by atoms with van der Waals surface area (Å²) in [5, 5.41) is 3.88. The Kier molecular flexibility index (Phi) is 3.96. The van der Waals surface area contributed by atoms with Crippen molar-refractivity contribution in [2.75, 3.05) is 19.6 Å². The molecule has 1 aliphatic heterocycles. The van der Waals surface area contributed by atoms with Gasteiger partial charge in [-0.15, -0.1) is 0 Å². The predicted octanol–water partition coefficient (Wildman–Crippen LogP) is 1.75. The molecule has 1 aliphatic rings. The maximum absolute atomic E-state index is 12.2. The van der Waals surface area contributed by atoms with Crippen molar-refractivity contribution in [1.29, 1.82) is 0 Å². The second kappa shape index (κ2) is 5.89. The highest BCUT2D eigenvalue weighted by molar-refractivity contribution is 9.10. The second-order valence-electron chi connectivity index (χ2n) is 5.13. The molecule has 1 aromatic heterocycles. The number of rotatable bonds is 3. The number of carbonyl (C=O) groups excluding carboxylic acids is 2. The summed E-state index contributed by atoms with van der Waals surface area (Å²) in [6.45, 7) is 1.94. The van der Waals surface area contributed by atoms with E-state index in [1.165, 1.54) is 0 Å². The van der Waals surface area contributed by atoms with Crippen LogP contribution in [-0.4, -0.2) is 40.9 Å².